The molecule has 3 rings (SSSR count). The summed E-state index contributed by atoms with van der Waals surface area (Å²) < 4.78 is 2.15. The van der Waals surface area contributed by atoms with Crippen LogP contribution in [0.1, 0.15) is 75.9 Å². The first-order valence-corrected chi connectivity index (χ1v) is 8.39. The van der Waals surface area contributed by atoms with Crippen molar-refractivity contribution >= 4 is 5.78 Å². The Labute approximate surface area is 121 Å². The van der Waals surface area contributed by atoms with Crippen LogP contribution >= 0.6 is 0 Å². The van der Waals surface area contributed by atoms with Crippen LogP contribution in [-0.4, -0.2) is 15.6 Å². The molecule has 3 heteroatoms. The zero-order valence-corrected chi connectivity index (χ0v) is 12.4. The number of carbonyl (C=O) groups is 1. The third kappa shape index (κ3) is 3.31. The van der Waals surface area contributed by atoms with E-state index in [2.05, 4.69) is 16.9 Å². The fourth-order valence-corrected chi connectivity index (χ4v) is 3.76. The number of ketones is 1. The van der Waals surface area contributed by atoms with E-state index in [1.807, 2.05) is 0 Å². The lowest BCUT2D eigenvalue weighted by Crippen LogP contribution is -2.14. The Bertz CT molecular complexity index is 440. The second-order valence-electron chi connectivity index (χ2n) is 6.53. The number of rotatable bonds is 5. The van der Waals surface area contributed by atoms with Gasteiger partial charge in [0.25, 0.3) is 0 Å². The number of carbonyl (C=O) groups excluding carboxylic acids is 1. The van der Waals surface area contributed by atoms with Crippen LogP contribution in [0, 0.1) is 5.92 Å². The summed E-state index contributed by atoms with van der Waals surface area (Å²) in [5.74, 6) is 0.824. The van der Waals surface area contributed by atoms with Gasteiger partial charge in [0.15, 0.2) is 0 Å². The molecule has 0 unspecified atom stereocenters. The van der Waals surface area contributed by atoms with Crippen molar-refractivity contribution in [2.75, 3.05) is 0 Å². The molecule has 0 aromatic carbocycles. The van der Waals surface area contributed by atoms with Crippen LogP contribution in [0.3, 0.4) is 0 Å². The molecule has 110 valence electrons. The Morgan fingerprint density at radius 1 is 1.10 bits per heavy atom. The van der Waals surface area contributed by atoms with Crippen molar-refractivity contribution in [2.24, 2.45) is 5.92 Å². The van der Waals surface area contributed by atoms with Gasteiger partial charge in [-0.2, -0.15) is 5.10 Å². The maximum absolute atomic E-state index is 12.1. The molecule has 0 amide bonds. The van der Waals surface area contributed by atoms with E-state index in [9.17, 15) is 4.79 Å². The topological polar surface area (TPSA) is 34.9 Å². The van der Waals surface area contributed by atoms with E-state index in [1.165, 1.54) is 44.9 Å². The highest BCUT2D eigenvalue weighted by molar-refractivity contribution is 5.81. The molecule has 0 N–H and O–H groups in total. The smallest absolute Gasteiger partial charge is 0.136 e. The van der Waals surface area contributed by atoms with Crippen molar-refractivity contribution in [3.05, 3.63) is 18.0 Å². The highest BCUT2D eigenvalue weighted by Crippen LogP contribution is 2.28. The van der Waals surface area contributed by atoms with Crippen LogP contribution in [0.5, 0.6) is 0 Å². The van der Waals surface area contributed by atoms with Gasteiger partial charge in [-0.1, -0.05) is 32.1 Å². The average molecular weight is 274 g/mol. The first kappa shape index (κ1) is 13.8. The van der Waals surface area contributed by atoms with Crippen molar-refractivity contribution in [3.63, 3.8) is 0 Å². The minimum Gasteiger partial charge on any atom is -0.299 e. The van der Waals surface area contributed by atoms with E-state index in [0.717, 1.165) is 25.0 Å². The molecule has 1 heterocycles. The first-order chi connectivity index (χ1) is 9.83. The molecule has 2 aliphatic carbocycles. The summed E-state index contributed by atoms with van der Waals surface area (Å²) in [5.41, 5.74) is 1.10. The van der Waals surface area contributed by atoms with Crippen molar-refractivity contribution in [1.82, 2.24) is 9.78 Å². The quantitative estimate of drug-likeness (QED) is 0.811. The number of Topliss-reactive ketones (excluding diaryl/α,β-unsaturated/α-hetero) is 1. The van der Waals surface area contributed by atoms with Gasteiger partial charge in [0, 0.05) is 18.5 Å². The number of aryl methyl sites for hydroxylation is 1. The third-order valence-electron chi connectivity index (χ3n) is 5.05. The first-order valence-electron chi connectivity index (χ1n) is 8.39. The second kappa shape index (κ2) is 6.55. The summed E-state index contributed by atoms with van der Waals surface area (Å²) in [5, 5.41) is 4.70. The lowest BCUT2D eigenvalue weighted by atomic mass is 9.96. The molecule has 2 aliphatic rings. The largest absolute Gasteiger partial charge is 0.299 e. The molecule has 0 radical (unpaired) electrons. The van der Waals surface area contributed by atoms with E-state index >= 15 is 0 Å². The molecule has 0 aliphatic heterocycles. The van der Waals surface area contributed by atoms with Gasteiger partial charge < -0.3 is 0 Å². The number of hydrogen-bond acceptors (Lipinski definition) is 2. The lowest BCUT2D eigenvalue weighted by Gasteiger charge is -2.21. The summed E-state index contributed by atoms with van der Waals surface area (Å²) in [6, 6.07) is 2.71. The van der Waals surface area contributed by atoms with E-state index in [0.29, 0.717) is 24.2 Å². The van der Waals surface area contributed by atoms with Crippen LogP contribution in [0.2, 0.25) is 0 Å². The van der Waals surface area contributed by atoms with Gasteiger partial charge in [-0.3, -0.25) is 9.48 Å². The van der Waals surface area contributed by atoms with Gasteiger partial charge in [0.1, 0.15) is 5.78 Å². The zero-order valence-electron chi connectivity index (χ0n) is 12.4. The molecule has 2 saturated carbocycles. The maximum Gasteiger partial charge on any atom is 0.136 e. The Hall–Kier alpha value is -1.12. The molecular weight excluding hydrogens is 248 g/mol. The Morgan fingerprint density at radius 2 is 1.80 bits per heavy atom. The normalized spacial score (nSPS) is 21.4. The fourth-order valence-electron chi connectivity index (χ4n) is 3.76. The van der Waals surface area contributed by atoms with Crippen LogP contribution < -0.4 is 0 Å². The zero-order chi connectivity index (χ0) is 13.8. The highest BCUT2D eigenvalue weighted by atomic mass is 16.1. The van der Waals surface area contributed by atoms with Crippen LogP contribution in [0.15, 0.2) is 12.3 Å². The SMILES string of the molecule is O=C(CCc1ccn(C2CCCCC2)n1)C1CCCC1. The van der Waals surface area contributed by atoms with Gasteiger partial charge in [0.2, 0.25) is 0 Å². The van der Waals surface area contributed by atoms with Crippen molar-refractivity contribution in [3.8, 4) is 0 Å². The summed E-state index contributed by atoms with van der Waals surface area (Å²) in [6.45, 7) is 0. The minimum absolute atomic E-state index is 0.357. The van der Waals surface area contributed by atoms with Gasteiger partial charge in [-0.25, -0.2) is 0 Å². The molecular formula is C17H26N2O. The van der Waals surface area contributed by atoms with Crippen LogP contribution in [-0.2, 0) is 11.2 Å². The number of hydrogen-bond donors (Lipinski definition) is 0. The molecule has 3 nitrogen and oxygen atoms in total. The van der Waals surface area contributed by atoms with Crippen LogP contribution in [0.4, 0.5) is 0 Å². The molecule has 1 aromatic heterocycles. The van der Waals surface area contributed by atoms with Gasteiger partial charge >= 0.3 is 0 Å². The minimum atomic E-state index is 0.357. The Kier molecular flexibility index (Phi) is 4.54. The van der Waals surface area contributed by atoms with Gasteiger partial charge in [0.05, 0.1) is 11.7 Å². The van der Waals surface area contributed by atoms with E-state index < -0.39 is 0 Å². The molecule has 0 bridgehead atoms. The third-order valence-corrected chi connectivity index (χ3v) is 5.05. The summed E-state index contributed by atoms with van der Waals surface area (Å²) in [4.78, 5) is 12.1. The molecule has 20 heavy (non-hydrogen) atoms. The van der Waals surface area contributed by atoms with E-state index in [1.54, 1.807) is 0 Å². The average Bonchev–Trinajstić information content (AvgIpc) is 3.17. The molecule has 0 spiro atoms. The van der Waals surface area contributed by atoms with Crippen molar-refractivity contribution < 1.29 is 4.79 Å². The predicted octanol–water partition coefficient (Wildman–Crippen LogP) is 4.08. The van der Waals surface area contributed by atoms with Crippen molar-refractivity contribution in [2.45, 2.75) is 76.7 Å². The summed E-state index contributed by atoms with van der Waals surface area (Å²) in [6.07, 6.45) is 14.9. The summed E-state index contributed by atoms with van der Waals surface area (Å²) >= 11 is 0. The molecule has 2 fully saturated rings. The lowest BCUT2D eigenvalue weighted by molar-refractivity contribution is -0.122. The molecule has 0 atom stereocenters. The van der Waals surface area contributed by atoms with Gasteiger partial charge in [-0.15, -0.1) is 0 Å². The Morgan fingerprint density at radius 3 is 2.55 bits per heavy atom. The van der Waals surface area contributed by atoms with Gasteiger partial charge in [-0.05, 0) is 38.2 Å². The van der Waals surface area contributed by atoms with E-state index in [-0.39, 0.29) is 0 Å². The summed E-state index contributed by atoms with van der Waals surface area (Å²) in [7, 11) is 0. The predicted molar refractivity (Wildman–Crippen MR) is 79.6 cm³/mol. The fraction of sp³-hybridized carbons (Fsp3) is 0.765. The molecule has 1 aromatic rings. The Balaban J connectivity index is 1.50. The number of aromatic nitrogens is 2. The second-order valence-corrected chi connectivity index (χ2v) is 6.53. The monoisotopic (exact) mass is 274 g/mol. The standard InChI is InChI=1S/C17H26N2O/c20-17(14-6-4-5-7-14)11-10-15-12-13-19(18-15)16-8-2-1-3-9-16/h12-14,16H,1-11H2. The van der Waals surface area contributed by atoms with Crippen LogP contribution in [0.25, 0.3) is 0 Å². The number of nitrogens with zero attached hydrogens (tertiary/aromatic N) is 2. The van der Waals surface area contributed by atoms with Crippen molar-refractivity contribution in [1.29, 1.82) is 0 Å². The highest BCUT2D eigenvalue weighted by Gasteiger charge is 2.22. The molecule has 0 saturated heterocycles. The maximum atomic E-state index is 12.1. The van der Waals surface area contributed by atoms with E-state index in [4.69, 9.17) is 5.10 Å².